The van der Waals surface area contributed by atoms with Gasteiger partial charge in [0.2, 0.25) is 0 Å². The average Bonchev–Trinajstić information content (AvgIpc) is 2.29. The molecule has 0 spiro atoms. The molecule has 0 aliphatic carbocycles. The molecule has 1 heterocycles. The number of aliphatic hydroxyl groups excluding tert-OH is 1. The van der Waals surface area contributed by atoms with E-state index in [-0.39, 0.29) is 17.8 Å². The van der Waals surface area contributed by atoms with Gasteiger partial charge in [0.25, 0.3) is 0 Å². The monoisotopic (exact) mass is 270 g/mol. The van der Waals surface area contributed by atoms with Crippen molar-refractivity contribution in [2.45, 2.75) is 6.92 Å². The molecule has 0 atom stereocenters. The van der Waals surface area contributed by atoms with Crippen LogP contribution in [0.1, 0.15) is 17.3 Å². The summed E-state index contributed by atoms with van der Waals surface area (Å²) in [6, 6.07) is 4.93. The lowest BCUT2D eigenvalue weighted by atomic mass is 9.88. The smallest absolute Gasteiger partial charge is 0.163 e. The number of hydrogen-bond donors (Lipinski definition) is 1. The molecule has 1 aliphatic heterocycles. The highest BCUT2D eigenvalue weighted by molar-refractivity contribution is 6.31. The lowest BCUT2D eigenvalue weighted by Crippen LogP contribution is -2.50. The summed E-state index contributed by atoms with van der Waals surface area (Å²) in [6.45, 7) is 2.76. The van der Waals surface area contributed by atoms with Gasteiger partial charge in [-0.1, -0.05) is 11.6 Å². The van der Waals surface area contributed by atoms with E-state index in [4.69, 9.17) is 21.1 Å². The lowest BCUT2D eigenvalue weighted by molar-refractivity contribution is -0.153. The molecule has 1 saturated heterocycles. The van der Waals surface area contributed by atoms with Crippen molar-refractivity contribution in [3.8, 4) is 5.75 Å². The van der Waals surface area contributed by atoms with E-state index >= 15 is 0 Å². The zero-order valence-corrected chi connectivity index (χ0v) is 10.9. The Bertz CT molecular complexity index is 449. The third-order valence-corrected chi connectivity index (χ3v) is 3.24. The summed E-state index contributed by atoms with van der Waals surface area (Å²) >= 11 is 5.85. The van der Waals surface area contributed by atoms with Crippen LogP contribution in [0.5, 0.6) is 5.75 Å². The summed E-state index contributed by atoms with van der Waals surface area (Å²) < 4.78 is 10.7. The summed E-state index contributed by atoms with van der Waals surface area (Å²) in [4.78, 5) is 11.5. The van der Waals surface area contributed by atoms with Crippen LogP contribution >= 0.6 is 11.6 Å². The van der Waals surface area contributed by atoms with Gasteiger partial charge in [0, 0.05) is 5.02 Å². The minimum Gasteiger partial charge on any atom is -0.492 e. The van der Waals surface area contributed by atoms with Crippen molar-refractivity contribution in [1.82, 2.24) is 0 Å². The van der Waals surface area contributed by atoms with Crippen LogP contribution in [0, 0.1) is 5.41 Å². The third kappa shape index (κ3) is 2.66. The molecule has 1 fully saturated rings. The van der Waals surface area contributed by atoms with Crippen LogP contribution in [0.15, 0.2) is 18.2 Å². The van der Waals surface area contributed by atoms with Crippen LogP contribution in [0.4, 0.5) is 0 Å². The van der Waals surface area contributed by atoms with Gasteiger partial charge < -0.3 is 14.6 Å². The fraction of sp³-hybridized carbons (Fsp3) is 0.462. The Balaban J connectivity index is 2.11. The molecule has 0 radical (unpaired) electrons. The largest absolute Gasteiger partial charge is 0.492 e. The highest BCUT2D eigenvalue weighted by Gasteiger charge is 2.39. The number of aliphatic hydroxyl groups is 1. The number of carbonyl (C=O) groups is 1. The van der Waals surface area contributed by atoms with E-state index in [0.29, 0.717) is 36.2 Å². The number of hydrogen-bond acceptors (Lipinski definition) is 4. The molecule has 1 N–H and O–H groups in total. The minimum atomic E-state index is -0.340. The van der Waals surface area contributed by atoms with E-state index in [1.54, 1.807) is 18.2 Å². The second-order valence-corrected chi connectivity index (χ2v) is 5.07. The van der Waals surface area contributed by atoms with E-state index in [0.717, 1.165) is 0 Å². The SMILES string of the molecule is CC(=O)c1cc(Cl)ccc1OCC1(CO)COC1. The van der Waals surface area contributed by atoms with Gasteiger partial charge >= 0.3 is 0 Å². The Morgan fingerprint density at radius 3 is 2.78 bits per heavy atom. The highest BCUT2D eigenvalue weighted by Crippen LogP contribution is 2.30. The van der Waals surface area contributed by atoms with E-state index < -0.39 is 0 Å². The van der Waals surface area contributed by atoms with Crippen molar-refractivity contribution in [2.24, 2.45) is 5.41 Å². The van der Waals surface area contributed by atoms with E-state index in [9.17, 15) is 9.90 Å². The Kier molecular flexibility index (Phi) is 3.90. The fourth-order valence-corrected chi connectivity index (χ4v) is 1.92. The van der Waals surface area contributed by atoms with Crippen molar-refractivity contribution in [3.05, 3.63) is 28.8 Å². The van der Waals surface area contributed by atoms with Crippen LogP contribution in [-0.4, -0.2) is 37.3 Å². The maximum absolute atomic E-state index is 11.5. The summed E-state index contributed by atoms with van der Waals surface area (Å²) in [5.74, 6) is 0.391. The first-order valence-electron chi connectivity index (χ1n) is 5.68. The number of halogens is 1. The maximum Gasteiger partial charge on any atom is 0.163 e. The molecule has 18 heavy (non-hydrogen) atoms. The predicted octanol–water partition coefficient (Wildman–Crippen LogP) is 1.93. The molecule has 0 aromatic heterocycles. The summed E-state index contributed by atoms with van der Waals surface area (Å²) in [5.41, 5.74) is 0.115. The number of benzene rings is 1. The lowest BCUT2D eigenvalue weighted by Gasteiger charge is -2.39. The molecule has 98 valence electrons. The first-order valence-corrected chi connectivity index (χ1v) is 6.06. The zero-order chi connectivity index (χ0) is 13.2. The second kappa shape index (κ2) is 5.26. The summed E-state index contributed by atoms with van der Waals surface area (Å²) in [7, 11) is 0. The van der Waals surface area contributed by atoms with Gasteiger partial charge in [-0.05, 0) is 25.1 Å². The Morgan fingerprint density at radius 1 is 1.56 bits per heavy atom. The molecule has 0 unspecified atom stereocenters. The van der Waals surface area contributed by atoms with Crippen LogP contribution in [-0.2, 0) is 4.74 Å². The molecule has 0 saturated carbocycles. The fourth-order valence-electron chi connectivity index (χ4n) is 1.75. The maximum atomic E-state index is 11.5. The summed E-state index contributed by atoms with van der Waals surface area (Å²) in [5, 5.41) is 9.79. The van der Waals surface area contributed by atoms with Crippen molar-refractivity contribution in [3.63, 3.8) is 0 Å². The summed E-state index contributed by atoms with van der Waals surface area (Å²) in [6.07, 6.45) is 0. The number of Topliss-reactive ketones (excluding diaryl/α,β-unsaturated/α-hetero) is 1. The normalized spacial score (nSPS) is 17.1. The van der Waals surface area contributed by atoms with Gasteiger partial charge in [-0.15, -0.1) is 0 Å². The van der Waals surface area contributed by atoms with E-state index in [1.165, 1.54) is 6.92 Å². The first-order chi connectivity index (χ1) is 8.56. The molecule has 4 nitrogen and oxygen atoms in total. The first kappa shape index (κ1) is 13.3. The molecule has 1 aromatic rings. The van der Waals surface area contributed by atoms with Crippen molar-refractivity contribution >= 4 is 17.4 Å². The number of rotatable bonds is 5. The predicted molar refractivity (Wildman–Crippen MR) is 67.3 cm³/mol. The molecular weight excluding hydrogens is 256 g/mol. The van der Waals surface area contributed by atoms with Gasteiger partial charge in [-0.2, -0.15) is 0 Å². The van der Waals surface area contributed by atoms with Gasteiger partial charge in [-0.25, -0.2) is 0 Å². The number of ether oxygens (including phenoxy) is 2. The molecule has 0 amide bonds. The Morgan fingerprint density at radius 2 is 2.28 bits per heavy atom. The van der Waals surface area contributed by atoms with Crippen molar-refractivity contribution < 1.29 is 19.4 Å². The van der Waals surface area contributed by atoms with E-state index in [2.05, 4.69) is 0 Å². The van der Waals surface area contributed by atoms with E-state index in [1.807, 2.05) is 0 Å². The molecule has 2 rings (SSSR count). The van der Waals surface area contributed by atoms with Gasteiger partial charge in [-0.3, -0.25) is 4.79 Å². The molecule has 1 aliphatic rings. The van der Waals surface area contributed by atoms with Crippen molar-refractivity contribution in [1.29, 1.82) is 0 Å². The number of ketones is 1. The van der Waals surface area contributed by atoms with Crippen LogP contribution in [0.3, 0.4) is 0 Å². The average molecular weight is 271 g/mol. The third-order valence-electron chi connectivity index (χ3n) is 3.01. The highest BCUT2D eigenvalue weighted by atomic mass is 35.5. The minimum absolute atomic E-state index is 0.00992. The van der Waals surface area contributed by atoms with Crippen LogP contribution in [0.25, 0.3) is 0 Å². The topological polar surface area (TPSA) is 55.8 Å². The van der Waals surface area contributed by atoms with Gasteiger partial charge in [0.15, 0.2) is 5.78 Å². The van der Waals surface area contributed by atoms with Gasteiger partial charge in [0.05, 0.1) is 30.8 Å². The number of carbonyl (C=O) groups excluding carboxylic acids is 1. The Hall–Kier alpha value is -1.10. The second-order valence-electron chi connectivity index (χ2n) is 4.64. The molecule has 5 heteroatoms. The molecule has 0 bridgehead atoms. The standard InChI is InChI=1S/C13H15ClO4/c1-9(16)11-4-10(14)2-3-12(11)18-8-13(5-15)6-17-7-13/h2-4,15H,5-8H2,1H3. The molecule has 1 aromatic carbocycles. The Labute approximate surface area is 110 Å². The quantitative estimate of drug-likeness (QED) is 0.831. The van der Waals surface area contributed by atoms with Crippen LogP contribution < -0.4 is 4.74 Å². The zero-order valence-electron chi connectivity index (χ0n) is 10.1. The molecular formula is C13H15ClO4. The van der Waals surface area contributed by atoms with Crippen molar-refractivity contribution in [2.75, 3.05) is 26.4 Å². The van der Waals surface area contributed by atoms with Crippen LogP contribution in [0.2, 0.25) is 5.02 Å². The van der Waals surface area contributed by atoms with Gasteiger partial charge in [0.1, 0.15) is 12.4 Å².